The molecule has 0 radical (unpaired) electrons. The smallest absolute Gasteiger partial charge is 0.300 e. The summed E-state index contributed by atoms with van der Waals surface area (Å²) in [4.78, 5) is 24.9. The molecule has 0 saturated heterocycles. The molecule has 6 heteroatoms. The second kappa shape index (κ2) is 6.22. The Hall–Kier alpha value is -1.62. The first-order valence-electron chi connectivity index (χ1n) is 6.80. The van der Waals surface area contributed by atoms with Gasteiger partial charge in [0, 0.05) is 12.6 Å². The predicted molar refractivity (Wildman–Crippen MR) is 77.1 cm³/mol. The van der Waals surface area contributed by atoms with Crippen LogP contribution in [-0.2, 0) is 0 Å². The third-order valence-electron chi connectivity index (χ3n) is 3.77. The quantitative estimate of drug-likeness (QED) is 0.629. The van der Waals surface area contributed by atoms with Gasteiger partial charge in [-0.25, -0.2) is 0 Å². The van der Waals surface area contributed by atoms with E-state index in [0.29, 0.717) is 6.54 Å². The van der Waals surface area contributed by atoms with E-state index in [2.05, 4.69) is 0 Å². The van der Waals surface area contributed by atoms with Crippen molar-refractivity contribution in [1.82, 2.24) is 4.90 Å². The summed E-state index contributed by atoms with van der Waals surface area (Å²) < 4.78 is 0. The predicted octanol–water partition coefficient (Wildman–Crippen LogP) is 3.65. The summed E-state index contributed by atoms with van der Waals surface area (Å²) in [5.74, 6) is -0.298. The standard InChI is InChI=1S/C14H17ClN2O3/c1-2-16(10-6-3-4-7-10)14(18)11-8-5-9-12(15)13(11)17(19)20/h5,8-10H,2-4,6-7H2,1H3. The van der Waals surface area contributed by atoms with E-state index in [1.807, 2.05) is 6.92 Å². The Bertz CT molecular complexity index is 527. The molecular formula is C14H17ClN2O3. The highest BCUT2D eigenvalue weighted by Gasteiger charge is 2.31. The molecule has 1 aromatic carbocycles. The zero-order chi connectivity index (χ0) is 14.7. The van der Waals surface area contributed by atoms with Crippen LogP contribution in [0.15, 0.2) is 18.2 Å². The van der Waals surface area contributed by atoms with Crippen LogP contribution in [0.5, 0.6) is 0 Å². The van der Waals surface area contributed by atoms with Crippen LogP contribution in [-0.4, -0.2) is 28.3 Å². The Balaban J connectivity index is 2.36. The summed E-state index contributed by atoms with van der Waals surface area (Å²) in [5.41, 5.74) is -0.216. The normalized spacial score (nSPS) is 15.3. The van der Waals surface area contributed by atoms with Crippen molar-refractivity contribution in [3.63, 3.8) is 0 Å². The molecule has 1 amide bonds. The lowest BCUT2D eigenvalue weighted by Gasteiger charge is -2.27. The van der Waals surface area contributed by atoms with Crippen molar-refractivity contribution in [2.24, 2.45) is 0 Å². The van der Waals surface area contributed by atoms with Gasteiger partial charge in [-0.3, -0.25) is 14.9 Å². The van der Waals surface area contributed by atoms with Crippen molar-refractivity contribution in [3.8, 4) is 0 Å². The molecule has 5 nitrogen and oxygen atoms in total. The second-order valence-corrected chi connectivity index (χ2v) is 5.33. The molecule has 1 saturated carbocycles. The van der Waals surface area contributed by atoms with Crippen LogP contribution in [0.3, 0.4) is 0 Å². The van der Waals surface area contributed by atoms with Gasteiger partial charge in [-0.15, -0.1) is 0 Å². The lowest BCUT2D eigenvalue weighted by molar-refractivity contribution is -0.385. The van der Waals surface area contributed by atoms with E-state index in [1.54, 1.807) is 11.0 Å². The van der Waals surface area contributed by atoms with E-state index in [0.717, 1.165) is 25.7 Å². The zero-order valence-corrected chi connectivity index (χ0v) is 12.1. The monoisotopic (exact) mass is 296 g/mol. The third-order valence-corrected chi connectivity index (χ3v) is 4.07. The van der Waals surface area contributed by atoms with Crippen LogP contribution < -0.4 is 0 Å². The van der Waals surface area contributed by atoms with Crippen molar-refractivity contribution in [2.75, 3.05) is 6.54 Å². The number of rotatable bonds is 4. The minimum absolute atomic E-state index is 0.00308. The molecule has 0 spiro atoms. The first kappa shape index (κ1) is 14.8. The van der Waals surface area contributed by atoms with Crippen LogP contribution >= 0.6 is 11.6 Å². The molecule has 1 aliphatic carbocycles. The number of nitrogens with zero attached hydrogens (tertiary/aromatic N) is 2. The SMILES string of the molecule is CCN(C(=O)c1cccc(Cl)c1[N+](=O)[O-])C1CCCC1. The van der Waals surface area contributed by atoms with Crippen LogP contribution in [0.25, 0.3) is 0 Å². The summed E-state index contributed by atoms with van der Waals surface area (Å²) >= 11 is 5.86. The number of halogens is 1. The summed E-state index contributed by atoms with van der Waals surface area (Å²) in [7, 11) is 0. The van der Waals surface area contributed by atoms with Crippen LogP contribution in [0.4, 0.5) is 5.69 Å². The summed E-state index contributed by atoms with van der Waals surface area (Å²) in [6.07, 6.45) is 4.14. The molecule has 1 aliphatic rings. The van der Waals surface area contributed by atoms with Crippen LogP contribution in [0, 0.1) is 10.1 Å². The van der Waals surface area contributed by atoms with E-state index in [1.165, 1.54) is 12.1 Å². The molecule has 1 fully saturated rings. The van der Waals surface area contributed by atoms with Gasteiger partial charge < -0.3 is 4.90 Å². The minimum Gasteiger partial charge on any atom is -0.336 e. The molecule has 0 unspecified atom stereocenters. The maximum atomic E-state index is 12.6. The van der Waals surface area contributed by atoms with Crippen LogP contribution in [0.1, 0.15) is 43.0 Å². The molecule has 0 atom stereocenters. The van der Waals surface area contributed by atoms with E-state index in [4.69, 9.17) is 11.6 Å². The average Bonchev–Trinajstić information content (AvgIpc) is 2.92. The molecule has 108 valence electrons. The largest absolute Gasteiger partial charge is 0.336 e. The Kier molecular flexibility index (Phi) is 4.60. The van der Waals surface area contributed by atoms with Gasteiger partial charge in [0.25, 0.3) is 5.91 Å². The molecule has 0 N–H and O–H groups in total. The summed E-state index contributed by atoms with van der Waals surface area (Å²) in [5, 5.41) is 11.1. The van der Waals surface area contributed by atoms with Gasteiger partial charge in [0.05, 0.1) is 4.92 Å². The Morgan fingerprint density at radius 3 is 2.65 bits per heavy atom. The van der Waals surface area contributed by atoms with Gasteiger partial charge in [0.2, 0.25) is 0 Å². The fourth-order valence-electron chi connectivity index (χ4n) is 2.81. The Morgan fingerprint density at radius 1 is 1.45 bits per heavy atom. The van der Waals surface area contributed by atoms with Crippen LogP contribution in [0.2, 0.25) is 5.02 Å². The van der Waals surface area contributed by atoms with Crippen molar-refractivity contribution in [3.05, 3.63) is 38.9 Å². The first-order valence-corrected chi connectivity index (χ1v) is 7.18. The highest BCUT2D eigenvalue weighted by Crippen LogP contribution is 2.31. The number of carbonyl (C=O) groups excluding carboxylic acids is 1. The molecular weight excluding hydrogens is 280 g/mol. The number of hydrogen-bond donors (Lipinski definition) is 0. The van der Waals surface area contributed by atoms with Gasteiger partial charge >= 0.3 is 5.69 Å². The first-order chi connectivity index (χ1) is 9.56. The maximum Gasteiger partial charge on any atom is 0.300 e. The Labute approximate surface area is 122 Å². The maximum absolute atomic E-state index is 12.6. The summed E-state index contributed by atoms with van der Waals surface area (Å²) in [6.45, 7) is 2.44. The van der Waals surface area contributed by atoms with Gasteiger partial charge in [-0.05, 0) is 31.9 Å². The lowest BCUT2D eigenvalue weighted by Crippen LogP contribution is -2.38. The number of hydrogen-bond acceptors (Lipinski definition) is 3. The fourth-order valence-corrected chi connectivity index (χ4v) is 3.06. The minimum atomic E-state index is -0.585. The highest BCUT2D eigenvalue weighted by molar-refractivity contribution is 6.33. The third kappa shape index (κ3) is 2.77. The second-order valence-electron chi connectivity index (χ2n) is 4.92. The van der Waals surface area contributed by atoms with Gasteiger partial charge in [0.1, 0.15) is 10.6 Å². The Morgan fingerprint density at radius 2 is 2.10 bits per heavy atom. The number of para-hydroxylation sites is 1. The molecule has 0 heterocycles. The van der Waals surface area contributed by atoms with Crippen molar-refractivity contribution >= 4 is 23.2 Å². The van der Waals surface area contributed by atoms with E-state index >= 15 is 0 Å². The number of benzene rings is 1. The van der Waals surface area contributed by atoms with Gasteiger partial charge in [0.15, 0.2) is 0 Å². The molecule has 0 aromatic heterocycles. The van der Waals surface area contributed by atoms with E-state index in [-0.39, 0.29) is 28.2 Å². The van der Waals surface area contributed by atoms with Gasteiger partial charge in [-0.1, -0.05) is 30.5 Å². The van der Waals surface area contributed by atoms with E-state index < -0.39 is 4.92 Å². The number of nitro groups is 1. The topological polar surface area (TPSA) is 63.5 Å². The molecule has 1 aromatic rings. The molecule has 0 aliphatic heterocycles. The summed E-state index contributed by atoms with van der Waals surface area (Å²) in [6, 6.07) is 4.67. The zero-order valence-electron chi connectivity index (χ0n) is 11.3. The molecule has 20 heavy (non-hydrogen) atoms. The van der Waals surface area contributed by atoms with E-state index in [9.17, 15) is 14.9 Å². The average molecular weight is 297 g/mol. The molecule has 0 bridgehead atoms. The van der Waals surface area contributed by atoms with Gasteiger partial charge in [-0.2, -0.15) is 0 Å². The number of nitro benzene ring substituents is 1. The lowest BCUT2D eigenvalue weighted by atomic mass is 10.1. The fraction of sp³-hybridized carbons (Fsp3) is 0.500. The molecule has 2 rings (SSSR count). The van der Waals surface area contributed by atoms with Crippen molar-refractivity contribution in [1.29, 1.82) is 0 Å². The number of carbonyl (C=O) groups is 1. The number of amides is 1. The van der Waals surface area contributed by atoms with Crippen molar-refractivity contribution < 1.29 is 9.72 Å². The van der Waals surface area contributed by atoms with Crippen molar-refractivity contribution in [2.45, 2.75) is 38.6 Å². The highest BCUT2D eigenvalue weighted by atomic mass is 35.5.